The zero-order valence-corrected chi connectivity index (χ0v) is 11.0. The number of nitrogens with one attached hydrogen (secondary N) is 1. The molecule has 1 aliphatic heterocycles. The van der Waals surface area contributed by atoms with Gasteiger partial charge in [-0.3, -0.25) is 9.79 Å². The summed E-state index contributed by atoms with van der Waals surface area (Å²) in [6.07, 6.45) is 0. The van der Waals surface area contributed by atoms with Gasteiger partial charge in [0.05, 0.1) is 11.7 Å². The lowest BCUT2D eigenvalue weighted by Gasteiger charge is -2.12. The molecule has 0 saturated carbocycles. The van der Waals surface area contributed by atoms with Crippen LogP contribution >= 0.6 is 11.8 Å². The number of benzene rings is 1. The molecule has 0 aromatic heterocycles. The first-order valence-electron chi connectivity index (χ1n) is 5.88. The maximum Gasteiger partial charge on any atom is 0.246 e. The minimum absolute atomic E-state index is 0.0547. The number of aliphatic imine (C=N–C) groups is 1. The summed E-state index contributed by atoms with van der Waals surface area (Å²) < 4.78 is 0. The standard InChI is InChI=1S/C13H16N2O2S/c1-9(7-16)14-12(17)11-8-18-13(15-11)10-5-3-2-4-6-10/h2-6,9,11,16H,7-8H2,1H3,(H,14,17). The van der Waals surface area contributed by atoms with Gasteiger partial charge in [-0.2, -0.15) is 0 Å². The minimum Gasteiger partial charge on any atom is -0.394 e. The fraction of sp³-hybridized carbons (Fsp3) is 0.385. The molecule has 18 heavy (non-hydrogen) atoms. The van der Waals surface area contributed by atoms with Gasteiger partial charge in [0.15, 0.2) is 0 Å². The molecule has 0 radical (unpaired) electrons. The number of aliphatic hydroxyl groups excluding tert-OH is 1. The van der Waals surface area contributed by atoms with E-state index in [0.717, 1.165) is 10.6 Å². The van der Waals surface area contributed by atoms with Crippen molar-refractivity contribution in [2.75, 3.05) is 12.4 Å². The Morgan fingerprint density at radius 3 is 2.94 bits per heavy atom. The highest BCUT2D eigenvalue weighted by atomic mass is 32.2. The molecule has 96 valence electrons. The van der Waals surface area contributed by atoms with E-state index in [1.165, 1.54) is 0 Å². The molecule has 0 fully saturated rings. The normalized spacial score (nSPS) is 20.3. The van der Waals surface area contributed by atoms with Crippen LogP contribution in [0.25, 0.3) is 0 Å². The molecule has 5 heteroatoms. The first-order chi connectivity index (χ1) is 8.70. The number of nitrogens with zero attached hydrogens (tertiary/aromatic N) is 1. The van der Waals surface area contributed by atoms with Crippen LogP contribution in [-0.4, -0.2) is 40.5 Å². The predicted octanol–water partition coefficient (Wildman–Crippen LogP) is 1.05. The first kappa shape index (κ1) is 13.1. The van der Waals surface area contributed by atoms with Crippen molar-refractivity contribution in [2.24, 2.45) is 4.99 Å². The van der Waals surface area contributed by atoms with Gasteiger partial charge in [-0.25, -0.2) is 0 Å². The topological polar surface area (TPSA) is 61.7 Å². The molecule has 2 N–H and O–H groups in total. The van der Waals surface area contributed by atoms with Gasteiger partial charge >= 0.3 is 0 Å². The van der Waals surface area contributed by atoms with Gasteiger partial charge in [0.25, 0.3) is 0 Å². The van der Waals surface area contributed by atoms with Crippen LogP contribution in [0.15, 0.2) is 35.3 Å². The van der Waals surface area contributed by atoms with Crippen molar-refractivity contribution in [2.45, 2.75) is 19.0 Å². The Morgan fingerprint density at radius 1 is 1.56 bits per heavy atom. The van der Waals surface area contributed by atoms with Gasteiger partial charge < -0.3 is 10.4 Å². The van der Waals surface area contributed by atoms with E-state index >= 15 is 0 Å². The summed E-state index contributed by atoms with van der Waals surface area (Å²) in [4.78, 5) is 16.3. The number of carbonyl (C=O) groups excluding carboxylic acids is 1. The number of hydrogen-bond acceptors (Lipinski definition) is 4. The molecule has 1 aromatic rings. The molecule has 1 amide bonds. The number of aliphatic hydroxyl groups is 1. The van der Waals surface area contributed by atoms with Gasteiger partial charge in [-0.15, -0.1) is 11.8 Å². The summed E-state index contributed by atoms with van der Waals surface area (Å²) in [6.45, 7) is 1.71. The van der Waals surface area contributed by atoms with Crippen LogP contribution in [-0.2, 0) is 4.79 Å². The first-order valence-corrected chi connectivity index (χ1v) is 6.86. The maximum atomic E-state index is 11.8. The third kappa shape index (κ3) is 3.11. The van der Waals surface area contributed by atoms with Gasteiger partial charge in [-0.1, -0.05) is 30.3 Å². The molecule has 2 unspecified atom stereocenters. The summed E-state index contributed by atoms with van der Waals surface area (Å²) >= 11 is 1.59. The molecular weight excluding hydrogens is 248 g/mol. The Labute approximate surface area is 111 Å². The maximum absolute atomic E-state index is 11.8. The molecule has 0 bridgehead atoms. The quantitative estimate of drug-likeness (QED) is 0.854. The van der Waals surface area contributed by atoms with Crippen LogP contribution in [0.5, 0.6) is 0 Å². The second kappa shape index (κ2) is 6.02. The second-order valence-corrected chi connectivity index (χ2v) is 5.23. The summed E-state index contributed by atoms with van der Waals surface area (Å²) in [5.74, 6) is 0.545. The van der Waals surface area contributed by atoms with E-state index in [-0.39, 0.29) is 24.6 Å². The lowest BCUT2D eigenvalue weighted by Crippen LogP contribution is -2.41. The molecule has 2 atom stereocenters. The van der Waals surface area contributed by atoms with E-state index in [1.807, 2.05) is 30.3 Å². The Kier molecular flexibility index (Phi) is 4.38. The van der Waals surface area contributed by atoms with Crippen molar-refractivity contribution < 1.29 is 9.90 Å². The molecule has 2 rings (SSSR count). The van der Waals surface area contributed by atoms with E-state index < -0.39 is 0 Å². The Morgan fingerprint density at radius 2 is 2.28 bits per heavy atom. The Bertz CT molecular complexity index is 448. The third-order valence-corrected chi connectivity index (χ3v) is 3.73. The molecule has 1 heterocycles. The van der Waals surface area contributed by atoms with Crippen LogP contribution < -0.4 is 5.32 Å². The third-order valence-electron chi connectivity index (χ3n) is 2.64. The largest absolute Gasteiger partial charge is 0.394 e. The monoisotopic (exact) mass is 264 g/mol. The molecule has 1 aromatic carbocycles. The average Bonchev–Trinajstić information content (AvgIpc) is 2.89. The van der Waals surface area contributed by atoms with Crippen LogP contribution in [0.2, 0.25) is 0 Å². The fourth-order valence-corrected chi connectivity index (χ4v) is 2.68. The Balaban J connectivity index is 2.02. The van der Waals surface area contributed by atoms with Crippen LogP contribution in [0.4, 0.5) is 0 Å². The van der Waals surface area contributed by atoms with Crippen molar-refractivity contribution in [1.29, 1.82) is 0 Å². The zero-order chi connectivity index (χ0) is 13.0. The van der Waals surface area contributed by atoms with E-state index in [9.17, 15) is 4.79 Å². The molecular formula is C13H16N2O2S. The van der Waals surface area contributed by atoms with E-state index in [0.29, 0.717) is 5.75 Å². The highest BCUT2D eigenvalue weighted by Crippen LogP contribution is 2.23. The predicted molar refractivity (Wildman–Crippen MR) is 73.9 cm³/mol. The summed E-state index contributed by atoms with van der Waals surface area (Å²) in [7, 11) is 0. The summed E-state index contributed by atoms with van der Waals surface area (Å²) in [5.41, 5.74) is 1.05. The number of amides is 1. The SMILES string of the molecule is CC(CO)NC(=O)C1CSC(c2ccccc2)=N1. The van der Waals surface area contributed by atoms with E-state index in [4.69, 9.17) is 5.11 Å². The molecule has 0 saturated heterocycles. The van der Waals surface area contributed by atoms with E-state index in [2.05, 4.69) is 10.3 Å². The summed E-state index contributed by atoms with van der Waals surface area (Å²) in [6, 6.07) is 9.28. The van der Waals surface area contributed by atoms with Crippen molar-refractivity contribution in [1.82, 2.24) is 5.32 Å². The highest BCUT2D eigenvalue weighted by molar-refractivity contribution is 8.14. The molecule has 0 aliphatic carbocycles. The zero-order valence-electron chi connectivity index (χ0n) is 10.2. The van der Waals surface area contributed by atoms with Gasteiger partial charge in [-0.05, 0) is 6.92 Å². The molecule has 1 aliphatic rings. The van der Waals surface area contributed by atoms with Crippen LogP contribution in [0, 0.1) is 0 Å². The van der Waals surface area contributed by atoms with Gasteiger partial charge in [0, 0.05) is 17.4 Å². The number of rotatable bonds is 4. The van der Waals surface area contributed by atoms with Gasteiger partial charge in [0.1, 0.15) is 6.04 Å². The molecule has 0 spiro atoms. The lowest BCUT2D eigenvalue weighted by molar-refractivity contribution is -0.122. The van der Waals surface area contributed by atoms with Crippen molar-refractivity contribution in [3.63, 3.8) is 0 Å². The fourth-order valence-electron chi connectivity index (χ4n) is 1.63. The average molecular weight is 264 g/mol. The highest BCUT2D eigenvalue weighted by Gasteiger charge is 2.26. The molecule has 4 nitrogen and oxygen atoms in total. The minimum atomic E-state index is -0.348. The smallest absolute Gasteiger partial charge is 0.246 e. The Hall–Kier alpha value is -1.33. The van der Waals surface area contributed by atoms with Crippen LogP contribution in [0.1, 0.15) is 12.5 Å². The number of carbonyl (C=O) groups is 1. The van der Waals surface area contributed by atoms with Crippen LogP contribution in [0.3, 0.4) is 0 Å². The number of thioether (sulfide) groups is 1. The van der Waals surface area contributed by atoms with Gasteiger partial charge in [0.2, 0.25) is 5.91 Å². The number of hydrogen-bond donors (Lipinski definition) is 2. The second-order valence-electron chi connectivity index (χ2n) is 4.22. The van der Waals surface area contributed by atoms with Crippen molar-refractivity contribution in [3.05, 3.63) is 35.9 Å². The van der Waals surface area contributed by atoms with Crippen molar-refractivity contribution in [3.8, 4) is 0 Å². The van der Waals surface area contributed by atoms with Crippen molar-refractivity contribution >= 4 is 22.7 Å². The van der Waals surface area contributed by atoms with E-state index in [1.54, 1.807) is 18.7 Å². The lowest BCUT2D eigenvalue weighted by atomic mass is 10.2. The summed E-state index contributed by atoms with van der Waals surface area (Å²) in [5, 5.41) is 12.5.